The van der Waals surface area contributed by atoms with Crippen molar-refractivity contribution in [1.29, 1.82) is 0 Å². The lowest BCUT2D eigenvalue weighted by atomic mass is 10.2. The van der Waals surface area contributed by atoms with Gasteiger partial charge in [0.1, 0.15) is 12.3 Å². The van der Waals surface area contributed by atoms with Crippen LogP contribution < -0.4 is 21.3 Å². The molecule has 2 aromatic heterocycles. The maximum atomic E-state index is 13.2. The first-order valence-corrected chi connectivity index (χ1v) is 10.6. The third kappa shape index (κ3) is 4.44. The van der Waals surface area contributed by atoms with Crippen LogP contribution in [-0.2, 0) is 24.3 Å². The van der Waals surface area contributed by atoms with Crippen LogP contribution in [0, 0.1) is 0 Å². The highest BCUT2D eigenvalue weighted by molar-refractivity contribution is 7.09. The number of fused-ring (bicyclic) bond motifs is 1. The van der Waals surface area contributed by atoms with Crippen LogP contribution in [0.25, 0.3) is 10.9 Å². The average Bonchev–Trinajstić information content (AvgIpc) is 3.31. The molecule has 0 spiro atoms. The molecule has 0 bridgehead atoms. The van der Waals surface area contributed by atoms with E-state index in [-0.39, 0.29) is 24.6 Å². The molecule has 1 N–H and O–H groups in total. The lowest BCUT2D eigenvalue weighted by Crippen LogP contribution is -2.42. The van der Waals surface area contributed by atoms with Gasteiger partial charge >= 0.3 is 5.69 Å². The largest absolute Gasteiger partial charge is 0.497 e. The van der Waals surface area contributed by atoms with Gasteiger partial charge in [0.2, 0.25) is 5.91 Å². The predicted octanol–water partition coefficient (Wildman–Crippen LogP) is 3.11. The summed E-state index contributed by atoms with van der Waals surface area (Å²) in [6, 6.07) is 17.7. The molecule has 1 amide bonds. The summed E-state index contributed by atoms with van der Waals surface area (Å²) < 4.78 is 7.68. The van der Waals surface area contributed by atoms with Gasteiger partial charge in [-0.15, -0.1) is 11.3 Å². The Morgan fingerprint density at radius 2 is 1.77 bits per heavy atom. The number of ether oxygens (including phenoxy) is 1. The fourth-order valence-corrected chi connectivity index (χ4v) is 4.11. The number of amides is 1. The monoisotopic (exact) mass is 435 g/mol. The van der Waals surface area contributed by atoms with Crippen molar-refractivity contribution >= 4 is 33.8 Å². The molecule has 158 valence electrons. The number of nitrogens with zero attached hydrogens (tertiary/aromatic N) is 2. The molecule has 0 aliphatic heterocycles. The van der Waals surface area contributed by atoms with Gasteiger partial charge in [0.15, 0.2) is 0 Å². The van der Waals surface area contributed by atoms with Crippen LogP contribution in [0.4, 0.5) is 5.69 Å². The van der Waals surface area contributed by atoms with Crippen LogP contribution in [-0.4, -0.2) is 22.2 Å². The molecule has 0 aliphatic carbocycles. The first-order valence-electron chi connectivity index (χ1n) is 9.75. The van der Waals surface area contributed by atoms with E-state index in [9.17, 15) is 14.4 Å². The van der Waals surface area contributed by atoms with Crippen molar-refractivity contribution in [2.75, 3.05) is 12.4 Å². The molecule has 31 heavy (non-hydrogen) atoms. The van der Waals surface area contributed by atoms with E-state index in [1.54, 1.807) is 67.0 Å². The standard InChI is InChI=1S/C23H21N3O4S/c1-30-17-10-8-16(9-11-17)24-21(27)15-26-20-7-3-2-6-19(20)22(28)25(23(26)29)13-12-18-5-4-14-31-18/h2-11,14H,12-13,15H2,1H3,(H,24,27). The van der Waals surface area contributed by atoms with Gasteiger partial charge in [-0.3, -0.25) is 18.7 Å². The Balaban J connectivity index is 1.66. The molecule has 0 saturated heterocycles. The Kier molecular flexibility index (Phi) is 5.99. The molecular weight excluding hydrogens is 414 g/mol. The summed E-state index contributed by atoms with van der Waals surface area (Å²) in [5.74, 6) is 0.318. The normalized spacial score (nSPS) is 10.9. The first kappa shape index (κ1) is 20.6. The summed E-state index contributed by atoms with van der Waals surface area (Å²) in [5.41, 5.74) is 0.193. The second-order valence-electron chi connectivity index (χ2n) is 6.95. The van der Waals surface area contributed by atoms with Gasteiger partial charge in [-0.2, -0.15) is 0 Å². The van der Waals surface area contributed by atoms with Crippen molar-refractivity contribution in [1.82, 2.24) is 9.13 Å². The van der Waals surface area contributed by atoms with Crippen LogP contribution >= 0.6 is 11.3 Å². The summed E-state index contributed by atoms with van der Waals surface area (Å²) >= 11 is 1.58. The Labute approximate surface area is 182 Å². The van der Waals surface area contributed by atoms with Gasteiger partial charge in [0.05, 0.1) is 18.0 Å². The molecule has 0 radical (unpaired) electrons. The van der Waals surface area contributed by atoms with Gasteiger partial charge in [-0.25, -0.2) is 4.79 Å². The fourth-order valence-electron chi connectivity index (χ4n) is 3.42. The molecule has 8 heteroatoms. The van der Waals surface area contributed by atoms with E-state index < -0.39 is 5.69 Å². The van der Waals surface area contributed by atoms with Crippen LogP contribution in [0.3, 0.4) is 0 Å². The lowest BCUT2D eigenvalue weighted by Gasteiger charge is -2.14. The predicted molar refractivity (Wildman–Crippen MR) is 122 cm³/mol. The minimum atomic E-state index is -0.495. The van der Waals surface area contributed by atoms with Crippen molar-refractivity contribution in [3.63, 3.8) is 0 Å². The van der Waals surface area contributed by atoms with Crippen molar-refractivity contribution in [3.05, 3.63) is 91.8 Å². The molecule has 2 heterocycles. The number of para-hydroxylation sites is 1. The number of benzene rings is 2. The SMILES string of the molecule is COc1ccc(NC(=O)Cn2c(=O)n(CCc3cccs3)c(=O)c3ccccc32)cc1. The molecule has 0 atom stereocenters. The minimum absolute atomic E-state index is 0.204. The fraction of sp³-hybridized carbons (Fsp3) is 0.174. The Morgan fingerprint density at radius 3 is 2.48 bits per heavy atom. The number of aryl methyl sites for hydroxylation is 1. The number of nitrogens with one attached hydrogen (secondary N) is 1. The van der Waals surface area contributed by atoms with E-state index in [0.717, 1.165) is 4.88 Å². The highest BCUT2D eigenvalue weighted by Crippen LogP contribution is 2.15. The van der Waals surface area contributed by atoms with E-state index in [2.05, 4.69) is 5.32 Å². The summed E-state index contributed by atoms with van der Waals surface area (Å²) in [7, 11) is 1.57. The summed E-state index contributed by atoms with van der Waals surface area (Å²) in [4.78, 5) is 39.9. The van der Waals surface area contributed by atoms with Gasteiger partial charge < -0.3 is 10.1 Å². The van der Waals surface area contributed by atoms with E-state index in [0.29, 0.717) is 28.8 Å². The van der Waals surface area contributed by atoms with Crippen molar-refractivity contribution in [2.45, 2.75) is 19.5 Å². The number of hydrogen-bond donors (Lipinski definition) is 1. The number of anilines is 1. The van der Waals surface area contributed by atoms with Crippen LogP contribution in [0.2, 0.25) is 0 Å². The Hall–Kier alpha value is -3.65. The molecular formula is C23H21N3O4S. The maximum Gasteiger partial charge on any atom is 0.331 e. The quantitative estimate of drug-likeness (QED) is 0.484. The van der Waals surface area contributed by atoms with E-state index >= 15 is 0 Å². The third-order valence-electron chi connectivity index (χ3n) is 4.97. The molecule has 2 aromatic carbocycles. The minimum Gasteiger partial charge on any atom is -0.497 e. The van der Waals surface area contributed by atoms with E-state index in [1.807, 2.05) is 17.5 Å². The molecule has 7 nitrogen and oxygen atoms in total. The van der Waals surface area contributed by atoms with Crippen molar-refractivity contribution in [2.24, 2.45) is 0 Å². The van der Waals surface area contributed by atoms with Crippen LogP contribution in [0.15, 0.2) is 75.6 Å². The molecule has 0 unspecified atom stereocenters. The van der Waals surface area contributed by atoms with Gasteiger partial charge in [-0.1, -0.05) is 18.2 Å². The van der Waals surface area contributed by atoms with Crippen LogP contribution in [0.1, 0.15) is 4.88 Å². The number of thiophene rings is 1. The maximum absolute atomic E-state index is 13.2. The summed E-state index contributed by atoms with van der Waals surface area (Å²) in [6.07, 6.45) is 0.573. The molecule has 4 rings (SSSR count). The Morgan fingerprint density at radius 1 is 1.00 bits per heavy atom. The zero-order valence-electron chi connectivity index (χ0n) is 16.9. The first-order chi connectivity index (χ1) is 15.1. The second-order valence-corrected chi connectivity index (χ2v) is 7.98. The van der Waals surface area contributed by atoms with Gasteiger partial charge in [-0.05, 0) is 54.3 Å². The number of rotatable bonds is 7. The number of hydrogen-bond acceptors (Lipinski definition) is 5. The zero-order chi connectivity index (χ0) is 21.8. The third-order valence-corrected chi connectivity index (χ3v) is 5.91. The smallest absolute Gasteiger partial charge is 0.331 e. The molecule has 4 aromatic rings. The molecule has 0 fully saturated rings. The topological polar surface area (TPSA) is 82.3 Å². The summed E-state index contributed by atoms with van der Waals surface area (Å²) in [6.45, 7) is 0.0494. The lowest BCUT2D eigenvalue weighted by molar-refractivity contribution is -0.116. The Bertz CT molecular complexity index is 1320. The van der Waals surface area contributed by atoms with Crippen LogP contribution in [0.5, 0.6) is 5.75 Å². The second kappa shape index (κ2) is 9.01. The van der Waals surface area contributed by atoms with Crippen molar-refractivity contribution in [3.8, 4) is 5.75 Å². The number of methoxy groups -OCH3 is 1. The highest BCUT2D eigenvalue weighted by atomic mass is 32.1. The van der Waals surface area contributed by atoms with Gasteiger partial charge in [0.25, 0.3) is 5.56 Å². The highest BCUT2D eigenvalue weighted by Gasteiger charge is 2.15. The zero-order valence-corrected chi connectivity index (χ0v) is 17.7. The van der Waals surface area contributed by atoms with Crippen molar-refractivity contribution < 1.29 is 9.53 Å². The number of aromatic nitrogens is 2. The average molecular weight is 436 g/mol. The molecule has 0 saturated carbocycles. The number of carbonyl (C=O) groups excluding carboxylic acids is 1. The summed E-state index contributed by atoms with van der Waals surface area (Å²) in [5, 5.41) is 5.15. The number of carbonyl (C=O) groups is 1. The molecule has 0 aliphatic rings. The van der Waals surface area contributed by atoms with Gasteiger partial charge in [0, 0.05) is 17.1 Å². The van der Waals surface area contributed by atoms with E-state index in [1.165, 1.54) is 9.13 Å². The van der Waals surface area contributed by atoms with E-state index in [4.69, 9.17) is 4.74 Å².